The smallest absolute Gasteiger partial charge is 0.337 e. The number of carbonyl (C=O) groups is 2. The topological polar surface area (TPSA) is 65.8 Å². The number of aromatic nitrogens is 1. The highest BCUT2D eigenvalue weighted by Crippen LogP contribution is 2.19. The predicted octanol–water partition coefficient (Wildman–Crippen LogP) is 1.22. The Balaban J connectivity index is 2.13. The van der Waals surface area contributed by atoms with Gasteiger partial charge in [-0.05, 0) is 26.0 Å². The van der Waals surface area contributed by atoms with Crippen molar-refractivity contribution in [2.24, 2.45) is 0 Å². The normalized spacial score (nSPS) is 16.0. The van der Waals surface area contributed by atoms with Crippen LogP contribution in [-0.2, 0) is 17.8 Å². The molecular weight excluding hydrogens is 282 g/mol. The molecule has 2 heterocycles. The lowest BCUT2D eigenvalue weighted by Gasteiger charge is -2.34. The summed E-state index contributed by atoms with van der Waals surface area (Å²) in [5.41, 5.74) is 1.62. The van der Waals surface area contributed by atoms with Crippen molar-refractivity contribution >= 4 is 11.9 Å². The molecule has 122 valence electrons. The van der Waals surface area contributed by atoms with Crippen LogP contribution in [0.2, 0.25) is 0 Å². The highest BCUT2D eigenvalue weighted by Gasteiger charge is 2.25. The van der Waals surface area contributed by atoms with Crippen molar-refractivity contribution in [3.8, 4) is 0 Å². The first-order valence-corrected chi connectivity index (χ1v) is 7.89. The number of amides is 1. The number of aromatic carboxylic acids is 1. The summed E-state index contributed by atoms with van der Waals surface area (Å²) in [5, 5.41) is 9.40. The maximum absolute atomic E-state index is 12.5. The molecular formula is C16H25N3O3. The van der Waals surface area contributed by atoms with Gasteiger partial charge in [-0.3, -0.25) is 4.79 Å². The van der Waals surface area contributed by atoms with Gasteiger partial charge in [-0.25, -0.2) is 4.79 Å². The first-order chi connectivity index (χ1) is 10.5. The van der Waals surface area contributed by atoms with E-state index in [1.807, 2.05) is 22.6 Å². The van der Waals surface area contributed by atoms with Gasteiger partial charge in [0.25, 0.3) is 0 Å². The van der Waals surface area contributed by atoms with Crippen LogP contribution < -0.4 is 0 Å². The molecule has 1 N–H and O–H groups in total. The second-order valence-corrected chi connectivity index (χ2v) is 5.72. The van der Waals surface area contributed by atoms with Crippen LogP contribution in [0.1, 0.15) is 35.5 Å². The molecule has 0 unspecified atom stereocenters. The van der Waals surface area contributed by atoms with Gasteiger partial charge in [-0.15, -0.1) is 0 Å². The molecule has 0 saturated carbocycles. The maximum atomic E-state index is 12.5. The molecule has 0 radical (unpaired) electrons. The second-order valence-electron chi connectivity index (χ2n) is 5.72. The fraction of sp³-hybridized carbons (Fsp3) is 0.625. The summed E-state index contributed by atoms with van der Waals surface area (Å²) in [7, 11) is 0. The molecule has 2 rings (SSSR count). The maximum Gasteiger partial charge on any atom is 0.337 e. The van der Waals surface area contributed by atoms with Crippen LogP contribution in [-0.4, -0.2) is 64.1 Å². The molecule has 1 saturated heterocycles. The number of hydrogen-bond acceptors (Lipinski definition) is 3. The number of carboxylic acid groups (broad SMARTS) is 1. The molecule has 0 aliphatic carbocycles. The number of rotatable bonds is 5. The van der Waals surface area contributed by atoms with E-state index in [2.05, 4.69) is 11.8 Å². The van der Waals surface area contributed by atoms with Crippen LogP contribution in [0.4, 0.5) is 0 Å². The Labute approximate surface area is 131 Å². The molecule has 1 fully saturated rings. The van der Waals surface area contributed by atoms with Crippen molar-refractivity contribution < 1.29 is 14.7 Å². The first-order valence-electron chi connectivity index (χ1n) is 7.89. The van der Waals surface area contributed by atoms with E-state index in [-0.39, 0.29) is 17.9 Å². The summed E-state index contributed by atoms with van der Waals surface area (Å²) >= 11 is 0. The molecule has 1 aliphatic rings. The number of aryl methyl sites for hydroxylation is 2. The molecule has 0 aromatic carbocycles. The van der Waals surface area contributed by atoms with E-state index in [9.17, 15) is 14.7 Å². The van der Waals surface area contributed by atoms with Gasteiger partial charge in [-0.2, -0.15) is 0 Å². The minimum Gasteiger partial charge on any atom is -0.478 e. The van der Waals surface area contributed by atoms with Gasteiger partial charge >= 0.3 is 5.97 Å². The first kappa shape index (κ1) is 16.5. The van der Waals surface area contributed by atoms with Gasteiger partial charge in [0.05, 0.1) is 12.0 Å². The third-order valence-corrected chi connectivity index (χ3v) is 4.42. The molecule has 1 aromatic rings. The fourth-order valence-electron chi connectivity index (χ4n) is 3.08. The Morgan fingerprint density at radius 2 is 1.77 bits per heavy atom. The molecule has 1 aliphatic heterocycles. The molecule has 0 spiro atoms. The average molecular weight is 307 g/mol. The van der Waals surface area contributed by atoms with Crippen molar-refractivity contribution in [1.29, 1.82) is 0 Å². The Morgan fingerprint density at radius 3 is 2.27 bits per heavy atom. The molecule has 1 aromatic heterocycles. The average Bonchev–Trinajstić information content (AvgIpc) is 2.83. The summed E-state index contributed by atoms with van der Waals surface area (Å²) in [5.74, 6) is -0.936. The number of likely N-dealkylation sites (N-methyl/N-ethyl adjacent to an activating group) is 1. The van der Waals surface area contributed by atoms with Crippen molar-refractivity contribution in [3.63, 3.8) is 0 Å². The van der Waals surface area contributed by atoms with E-state index in [1.165, 1.54) is 0 Å². The number of nitrogens with zero attached hydrogens (tertiary/aromatic N) is 3. The lowest BCUT2D eigenvalue weighted by Crippen LogP contribution is -2.49. The van der Waals surface area contributed by atoms with E-state index >= 15 is 0 Å². The van der Waals surface area contributed by atoms with Gasteiger partial charge in [0.2, 0.25) is 5.91 Å². The SMILES string of the molecule is CCN1CCN(C(=O)Cc2c(C(=O)O)c(C)cn2CC)CC1. The highest BCUT2D eigenvalue weighted by atomic mass is 16.4. The minimum atomic E-state index is -0.955. The third kappa shape index (κ3) is 3.32. The predicted molar refractivity (Wildman–Crippen MR) is 84.2 cm³/mol. The second kappa shape index (κ2) is 6.96. The lowest BCUT2D eigenvalue weighted by molar-refractivity contribution is -0.132. The largest absolute Gasteiger partial charge is 0.478 e. The molecule has 0 bridgehead atoms. The van der Waals surface area contributed by atoms with E-state index in [4.69, 9.17) is 0 Å². The fourth-order valence-corrected chi connectivity index (χ4v) is 3.08. The summed E-state index contributed by atoms with van der Waals surface area (Å²) in [6.45, 7) is 10.8. The standard InChI is InChI=1S/C16H25N3O3/c1-4-17-6-8-19(9-7-17)14(20)10-13-15(16(21)22)12(3)11-18(13)5-2/h11H,4-10H2,1-3H3,(H,21,22). The molecule has 6 nitrogen and oxygen atoms in total. The van der Waals surface area contributed by atoms with Crippen molar-refractivity contribution in [1.82, 2.24) is 14.4 Å². The van der Waals surface area contributed by atoms with Crippen LogP contribution in [0, 0.1) is 6.92 Å². The summed E-state index contributed by atoms with van der Waals surface area (Å²) in [4.78, 5) is 28.1. The van der Waals surface area contributed by atoms with Crippen LogP contribution in [0.5, 0.6) is 0 Å². The Morgan fingerprint density at radius 1 is 1.14 bits per heavy atom. The number of hydrogen-bond donors (Lipinski definition) is 1. The van der Waals surface area contributed by atoms with Gasteiger partial charge in [0.1, 0.15) is 0 Å². The van der Waals surface area contributed by atoms with E-state index in [0.717, 1.165) is 32.7 Å². The third-order valence-electron chi connectivity index (χ3n) is 4.42. The number of piperazine rings is 1. The molecule has 1 amide bonds. The molecule has 6 heteroatoms. The van der Waals surface area contributed by atoms with Gasteiger partial charge in [0, 0.05) is 44.6 Å². The van der Waals surface area contributed by atoms with Crippen molar-refractivity contribution in [2.75, 3.05) is 32.7 Å². The molecule has 22 heavy (non-hydrogen) atoms. The van der Waals surface area contributed by atoms with Crippen LogP contribution in [0.25, 0.3) is 0 Å². The zero-order chi connectivity index (χ0) is 16.3. The summed E-state index contributed by atoms with van der Waals surface area (Å²) in [6, 6.07) is 0. The monoisotopic (exact) mass is 307 g/mol. The lowest BCUT2D eigenvalue weighted by atomic mass is 10.1. The van der Waals surface area contributed by atoms with Gasteiger partial charge in [0.15, 0.2) is 0 Å². The van der Waals surface area contributed by atoms with Crippen molar-refractivity contribution in [2.45, 2.75) is 33.7 Å². The Bertz CT molecular complexity index is 557. The van der Waals surface area contributed by atoms with Crippen LogP contribution in [0.15, 0.2) is 6.20 Å². The van der Waals surface area contributed by atoms with E-state index in [0.29, 0.717) is 17.8 Å². The van der Waals surface area contributed by atoms with Gasteiger partial charge in [-0.1, -0.05) is 6.92 Å². The van der Waals surface area contributed by atoms with E-state index < -0.39 is 5.97 Å². The van der Waals surface area contributed by atoms with Crippen LogP contribution in [0.3, 0.4) is 0 Å². The Hall–Kier alpha value is -1.82. The van der Waals surface area contributed by atoms with Crippen molar-refractivity contribution in [3.05, 3.63) is 23.0 Å². The number of carbonyl (C=O) groups excluding carboxylic acids is 1. The minimum absolute atomic E-state index is 0.0195. The number of carboxylic acids is 1. The Kier molecular flexibility index (Phi) is 5.24. The highest BCUT2D eigenvalue weighted by molar-refractivity contribution is 5.93. The summed E-state index contributed by atoms with van der Waals surface area (Å²) < 4.78 is 1.87. The zero-order valence-corrected chi connectivity index (χ0v) is 13.6. The molecule has 0 atom stereocenters. The summed E-state index contributed by atoms with van der Waals surface area (Å²) in [6.07, 6.45) is 1.98. The quantitative estimate of drug-likeness (QED) is 0.888. The van der Waals surface area contributed by atoms with E-state index in [1.54, 1.807) is 6.92 Å². The zero-order valence-electron chi connectivity index (χ0n) is 13.6. The van der Waals surface area contributed by atoms with Crippen LogP contribution >= 0.6 is 0 Å². The van der Waals surface area contributed by atoms with Gasteiger partial charge < -0.3 is 19.5 Å².